The molecule has 3 aliphatic rings. The minimum Gasteiger partial charge on any atom is -0.462 e. The highest BCUT2D eigenvalue weighted by Crippen LogP contribution is 2.43. The Morgan fingerprint density at radius 3 is 2.62 bits per heavy atom. The van der Waals surface area contributed by atoms with Crippen molar-refractivity contribution in [3.63, 3.8) is 0 Å². The van der Waals surface area contributed by atoms with Gasteiger partial charge in [0.25, 0.3) is 5.91 Å². The summed E-state index contributed by atoms with van der Waals surface area (Å²) >= 11 is 3.34. The van der Waals surface area contributed by atoms with Crippen molar-refractivity contribution in [2.75, 3.05) is 11.9 Å². The minimum absolute atomic E-state index is 0.107. The first-order chi connectivity index (χ1) is 20.4. The van der Waals surface area contributed by atoms with E-state index in [0.717, 1.165) is 83.1 Å². The van der Waals surface area contributed by atoms with Crippen molar-refractivity contribution in [1.82, 2.24) is 9.47 Å². The third kappa shape index (κ3) is 5.44. The van der Waals surface area contributed by atoms with Gasteiger partial charge in [0.1, 0.15) is 5.00 Å². The number of thioether (sulfide) groups is 1. The molecule has 42 heavy (non-hydrogen) atoms. The third-order valence-electron chi connectivity index (χ3n) is 9.02. The summed E-state index contributed by atoms with van der Waals surface area (Å²) < 4.78 is 7.74. The van der Waals surface area contributed by atoms with Gasteiger partial charge in [-0.3, -0.25) is 4.79 Å². The second kappa shape index (κ2) is 12.3. The van der Waals surface area contributed by atoms with E-state index in [0.29, 0.717) is 12.5 Å². The molecule has 8 heteroatoms. The molecule has 1 aliphatic heterocycles. The van der Waals surface area contributed by atoms with E-state index >= 15 is 0 Å². The van der Waals surface area contributed by atoms with Crippen LogP contribution in [-0.2, 0) is 22.4 Å². The monoisotopic (exact) mass is 603 g/mol. The lowest BCUT2D eigenvalue weighted by Crippen LogP contribution is -2.48. The van der Waals surface area contributed by atoms with Crippen LogP contribution in [0.15, 0.2) is 41.3 Å². The van der Waals surface area contributed by atoms with E-state index in [2.05, 4.69) is 59.8 Å². The van der Waals surface area contributed by atoms with Crippen molar-refractivity contribution in [3.05, 3.63) is 74.3 Å². The maximum absolute atomic E-state index is 14.1. The Hall–Kier alpha value is -2.97. The molecule has 1 unspecified atom stereocenters. The summed E-state index contributed by atoms with van der Waals surface area (Å²) in [5.74, 6) is 0.350. The zero-order valence-electron chi connectivity index (χ0n) is 25.1. The van der Waals surface area contributed by atoms with Crippen molar-refractivity contribution in [3.8, 4) is 5.00 Å². The number of amides is 1. The molecule has 2 fully saturated rings. The SMILES string of the molecule is CCOC(=O)c1c(-n2c(C)cc(/C=C3\SC(Nc4ccccc4)N([C@H]4CCCC[C@@H]4C)C3=O)c2C)sc2c1CCCC2. The normalized spacial score (nSPS) is 23.3. The average molecular weight is 604 g/mol. The van der Waals surface area contributed by atoms with Gasteiger partial charge in [-0.15, -0.1) is 11.3 Å². The standard InChI is InChI=1S/C34H41N3O3S2/c1-5-40-33(39)30-26-16-10-12-18-28(26)41-32(30)36-22(3)19-24(23(36)4)20-29-31(38)37(27-17-11-9-13-21(27)2)34(42-29)35-25-14-7-6-8-15-25/h6-8,14-15,19-21,27,34-35H,5,9-13,16-18H2,1-4H3/b29-20-/t21-,27-,34?/m0/s1. The Kier molecular flexibility index (Phi) is 8.55. The van der Waals surface area contributed by atoms with Gasteiger partial charge in [-0.1, -0.05) is 49.7 Å². The van der Waals surface area contributed by atoms with E-state index in [1.54, 1.807) is 23.1 Å². The van der Waals surface area contributed by atoms with Crippen LogP contribution in [-0.4, -0.2) is 39.5 Å². The molecule has 1 amide bonds. The second-order valence-corrected chi connectivity index (χ2v) is 14.0. The van der Waals surface area contributed by atoms with Gasteiger partial charge in [0, 0.05) is 28.0 Å². The fourth-order valence-electron chi connectivity index (χ4n) is 6.88. The van der Waals surface area contributed by atoms with E-state index in [9.17, 15) is 9.59 Å². The summed E-state index contributed by atoms with van der Waals surface area (Å²) in [6, 6.07) is 12.6. The Morgan fingerprint density at radius 2 is 1.86 bits per heavy atom. The van der Waals surface area contributed by atoms with Crippen LogP contribution in [0.25, 0.3) is 11.1 Å². The topological polar surface area (TPSA) is 63.6 Å². The molecule has 3 atom stereocenters. The molecule has 1 saturated carbocycles. The minimum atomic E-state index is -0.229. The van der Waals surface area contributed by atoms with Crippen molar-refractivity contribution in [2.45, 2.75) is 90.6 Å². The number of rotatable bonds is 7. The summed E-state index contributed by atoms with van der Waals surface area (Å²) in [5.41, 5.74) is 5.87. The molecule has 1 saturated heterocycles. The van der Waals surface area contributed by atoms with Gasteiger partial charge in [-0.05, 0) is 101 Å². The maximum atomic E-state index is 14.1. The first-order valence-electron chi connectivity index (χ1n) is 15.4. The van der Waals surface area contributed by atoms with Crippen LogP contribution in [0.1, 0.15) is 90.1 Å². The molecule has 6 nitrogen and oxygen atoms in total. The number of esters is 1. The fourth-order valence-corrected chi connectivity index (χ4v) is 9.57. The molecule has 1 aromatic carbocycles. The maximum Gasteiger partial charge on any atom is 0.341 e. The number of nitrogens with zero attached hydrogens (tertiary/aromatic N) is 2. The molecule has 0 spiro atoms. The molecular weight excluding hydrogens is 563 g/mol. The molecule has 0 radical (unpaired) electrons. The molecule has 3 aromatic rings. The van der Waals surface area contributed by atoms with E-state index < -0.39 is 0 Å². The number of aryl methyl sites for hydroxylation is 2. The molecule has 2 aliphatic carbocycles. The smallest absolute Gasteiger partial charge is 0.341 e. The highest BCUT2D eigenvalue weighted by molar-refractivity contribution is 8.05. The van der Waals surface area contributed by atoms with Gasteiger partial charge in [-0.2, -0.15) is 0 Å². The van der Waals surface area contributed by atoms with Gasteiger partial charge in [-0.25, -0.2) is 4.79 Å². The quantitative estimate of drug-likeness (QED) is 0.218. The number of carbonyl (C=O) groups is 2. The van der Waals surface area contributed by atoms with Crippen molar-refractivity contribution in [2.24, 2.45) is 5.92 Å². The van der Waals surface area contributed by atoms with E-state index in [-0.39, 0.29) is 23.4 Å². The number of hydrogen-bond donors (Lipinski definition) is 1. The number of para-hydroxylation sites is 1. The summed E-state index contributed by atoms with van der Waals surface area (Å²) in [5, 5.41) is 4.59. The number of benzene rings is 1. The number of ether oxygens (including phenoxy) is 1. The lowest BCUT2D eigenvalue weighted by Gasteiger charge is -2.39. The van der Waals surface area contributed by atoms with E-state index in [4.69, 9.17) is 4.74 Å². The zero-order chi connectivity index (χ0) is 29.4. The van der Waals surface area contributed by atoms with Gasteiger partial charge in [0.05, 0.1) is 17.1 Å². The molecular formula is C34H41N3O3S2. The lowest BCUT2D eigenvalue weighted by atomic mass is 9.85. The van der Waals surface area contributed by atoms with Crippen LogP contribution >= 0.6 is 23.1 Å². The molecule has 222 valence electrons. The highest BCUT2D eigenvalue weighted by Gasteiger charge is 2.43. The Morgan fingerprint density at radius 1 is 1.10 bits per heavy atom. The van der Waals surface area contributed by atoms with Crippen LogP contribution in [0.4, 0.5) is 5.69 Å². The number of aromatic nitrogens is 1. The fraction of sp³-hybridized carbons (Fsp3) is 0.471. The number of hydrogen-bond acceptors (Lipinski definition) is 6. The Balaban J connectivity index is 1.37. The lowest BCUT2D eigenvalue weighted by molar-refractivity contribution is -0.129. The highest BCUT2D eigenvalue weighted by atomic mass is 32.2. The van der Waals surface area contributed by atoms with Crippen molar-refractivity contribution >= 4 is 46.7 Å². The summed E-state index contributed by atoms with van der Waals surface area (Å²) in [6.45, 7) is 8.69. The van der Waals surface area contributed by atoms with Gasteiger partial charge in [0.2, 0.25) is 0 Å². The number of anilines is 1. The largest absolute Gasteiger partial charge is 0.462 e. The predicted octanol–water partition coefficient (Wildman–Crippen LogP) is 8.10. The number of fused-ring (bicyclic) bond motifs is 1. The molecule has 1 N–H and O–H groups in total. The predicted molar refractivity (Wildman–Crippen MR) is 173 cm³/mol. The average Bonchev–Trinajstić information content (AvgIpc) is 3.60. The van der Waals surface area contributed by atoms with E-state index in [1.165, 1.54) is 16.9 Å². The van der Waals surface area contributed by atoms with Gasteiger partial charge >= 0.3 is 5.97 Å². The Labute approximate surface area is 257 Å². The number of thiophene rings is 1. The summed E-state index contributed by atoms with van der Waals surface area (Å²) in [4.78, 5) is 31.5. The van der Waals surface area contributed by atoms with Gasteiger partial charge in [0.15, 0.2) is 5.50 Å². The van der Waals surface area contributed by atoms with Crippen LogP contribution < -0.4 is 5.32 Å². The first kappa shape index (κ1) is 29.1. The molecule has 0 bridgehead atoms. The van der Waals surface area contributed by atoms with Crippen molar-refractivity contribution in [1.29, 1.82) is 0 Å². The van der Waals surface area contributed by atoms with Crippen LogP contribution in [0.5, 0.6) is 0 Å². The van der Waals surface area contributed by atoms with Crippen molar-refractivity contribution < 1.29 is 14.3 Å². The third-order valence-corrected chi connectivity index (χ3v) is 11.4. The van der Waals surface area contributed by atoms with Crippen LogP contribution in [0, 0.1) is 19.8 Å². The molecule has 6 rings (SSSR count). The first-order valence-corrected chi connectivity index (χ1v) is 17.1. The molecule has 2 aromatic heterocycles. The Bertz CT molecular complexity index is 1510. The van der Waals surface area contributed by atoms with Gasteiger partial charge < -0.3 is 19.5 Å². The summed E-state index contributed by atoms with van der Waals surface area (Å²) in [6.07, 6.45) is 10.9. The summed E-state index contributed by atoms with van der Waals surface area (Å²) in [7, 11) is 0. The second-order valence-electron chi connectivity index (χ2n) is 11.8. The van der Waals surface area contributed by atoms with Crippen LogP contribution in [0.3, 0.4) is 0 Å². The molecule has 3 heterocycles. The number of carbonyl (C=O) groups excluding carboxylic acids is 2. The van der Waals surface area contributed by atoms with E-state index in [1.807, 2.05) is 25.1 Å². The van der Waals surface area contributed by atoms with Crippen LogP contribution in [0.2, 0.25) is 0 Å². The zero-order valence-corrected chi connectivity index (χ0v) is 26.7. The number of nitrogens with one attached hydrogen (secondary N) is 1.